The van der Waals surface area contributed by atoms with Crippen LogP contribution in [0.5, 0.6) is 11.5 Å². The fourth-order valence-corrected chi connectivity index (χ4v) is 2.55. The lowest BCUT2D eigenvalue weighted by molar-refractivity contribution is -0.422. The summed E-state index contributed by atoms with van der Waals surface area (Å²) in [5.41, 5.74) is -3.83. The second kappa shape index (κ2) is 4.84. The number of nitro groups is 2. The topological polar surface area (TPSA) is 161 Å². The predicted octanol–water partition coefficient (Wildman–Crippen LogP) is 1.69. The van der Waals surface area contributed by atoms with Gasteiger partial charge in [-0.25, -0.2) is 0 Å². The summed E-state index contributed by atoms with van der Waals surface area (Å²) in [6.45, 7) is 0. The molecule has 0 fully saturated rings. The number of nitrogens with zero attached hydrogens (tertiary/aromatic N) is 2. The van der Waals surface area contributed by atoms with Crippen LogP contribution in [0.2, 0.25) is 0 Å². The molecule has 0 saturated carbocycles. The molecule has 2 aromatic rings. The third kappa shape index (κ3) is 1.90. The standard InChI is InChI=1S/C14H6N2O8/c17-9-1-2-10(18)12-11(9)13(19)5-3-7(15(21)22)8(16(23)24)4-6(5)14(12)20/h1-4,17-18H. The van der Waals surface area contributed by atoms with Gasteiger partial charge < -0.3 is 10.2 Å². The van der Waals surface area contributed by atoms with Crippen LogP contribution in [-0.4, -0.2) is 31.6 Å². The first-order valence-corrected chi connectivity index (χ1v) is 6.35. The number of ketones is 2. The molecular formula is C14H6N2O8. The van der Waals surface area contributed by atoms with Crippen molar-refractivity contribution in [2.75, 3.05) is 0 Å². The highest BCUT2D eigenvalue weighted by molar-refractivity contribution is 6.30. The number of carbonyl (C=O) groups is 2. The van der Waals surface area contributed by atoms with Crippen molar-refractivity contribution < 1.29 is 29.6 Å². The average molecular weight is 330 g/mol. The summed E-state index contributed by atoms with van der Waals surface area (Å²) in [7, 11) is 0. The molecule has 0 unspecified atom stereocenters. The Kier molecular flexibility index (Phi) is 3.04. The van der Waals surface area contributed by atoms with Crippen molar-refractivity contribution in [1.29, 1.82) is 0 Å². The van der Waals surface area contributed by atoms with Gasteiger partial charge in [0, 0.05) is 23.3 Å². The molecule has 2 aromatic carbocycles. The molecule has 0 atom stereocenters. The van der Waals surface area contributed by atoms with E-state index < -0.39 is 66.5 Å². The Morgan fingerprint density at radius 1 is 0.750 bits per heavy atom. The maximum Gasteiger partial charge on any atom is 0.346 e. The maximum absolute atomic E-state index is 12.5. The number of hydrogen-bond acceptors (Lipinski definition) is 8. The van der Waals surface area contributed by atoms with Crippen LogP contribution in [0.4, 0.5) is 11.4 Å². The highest BCUT2D eigenvalue weighted by Crippen LogP contribution is 2.40. The lowest BCUT2D eigenvalue weighted by atomic mass is 9.82. The number of carbonyl (C=O) groups excluding carboxylic acids is 2. The van der Waals surface area contributed by atoms with Gasteiger partial charge in [-0.1, -0.05) is 0 Å². The molecule has 0 saturated heterocycles. The SMILES string of the molecule is O=C1c2cc([N+](=O)[O-])c([N+](=O)[O-])cc2C(=O)c2c(O)ccc(O)c21. The van der Waals surface area contributed by atoms with Crippen LogP contribution < -0.4 is 0 Å². The van der Waals surface area contributed by atoms with Crippen LogP contribution in [0, 0.1) is 20.2 Å². The molecule has 0 amide bonds. The number of phenolic OH excluding ortho intramolecular Hbond substituents is 2. The Balaban J connectivity index is 2.39. The lowest BCUT2D eigenvalue weighted by Crippen LogP contribution is -2.22. The van der Waals surface area contributed by atoms with E-state index in [1.165, 1.54) is 0 Å². The molecule has 0 bridgehead atoms. The molecular weight excluding hydrogens is 324 g/mol. The monoisotopic (exact) mass is 330 g/mol. The Morgan fingerprint density at radius 2 is 1.08 bits per heavy atom. The van der Waals surface area contributed by atoms with Crippen molar-refractivity contribution in [2.45, 2.75) is 0 Å². The van der Waals surface area contributed by atoms with Gasteiger partial charge in [-0.2, -0.15) is 0 Å². The number of phenols is 2. The van der Waals surface area contributed by atoms with E-state index in [1.54, 1.807) is 0 Å². The fraction of sp³-hybridized carbons (Fsp3) is 0. The summed E-state index contributed by atoms with van der Waals surface area (Å²) in [5.74, 6) is -3.09. The molecule has 1 aliphatic rings. The van der Waals surface area contributed by atoms with Gasteiger partial charge in [-0.15, -0.1) is 0 Å². The molecule has 120 valence electrons. The van der Waals surface area contributed by atoms with Crippen molar-refractivity contribution in [1.82, 2.24) is 0 Å². The van der Waals surface area contributed by atoms with Crippen molar-refractivity contribution in [3.8, 4) is 11.5 Å². The van der Waals surface area contributed by atoms with E-state index in [0.29, 0.717) is 12.1 Å². The number of aromatic hydroxyl groups is 2. The van der Waals surface area contributed by atoms with E-state index in [9.17, 15) is 40.0 Å². The highest BCUT2D eigenvalue weighted by atomic mass is 16.6. The van der Waals surface area contributed by atoms with E-state index in [2.05, 4.69) is 0 Å². The van der Waals surface area contributed by atoms with Gasteiger partial charge >= 0.3 is 11.4 Å². The van der Waals surface area contributed by atoms with E-state index in [4.69, 9.17) is 0 Å². The largest absolute Gasteiger partial charge is 0.507 e. The van der Waals surface area contributed by atoms with Crippen LogP contribution in [0.25, 0.3) is 0 Å². The van der Waals surface area contributed by atoms with E-state index >= 15 is 0 Å². The van der Waals surface area contributed by atoms with E-state index in [1.807, 2.05) is 0 Å². The predicted molar refractivity (Wildman–Crippen MR) is 76.4 cm³/mol. The molecule has 10 heteroatoms. The van der Waals surface area contributed by atoms with Crippen molar-refractivity contribution in [2.24, 2.45) is 0 Å². The first-order valence-electron chi connectivity index (χ1n) is 6.35. The molecule has 24 heavy (non-hydrogen) atoms. The minimum absolute atomic E-state index is 0.453. The summed E-state index contributed by atoms with van der Waals surface area (Å²) in [6.07, 6.45) is 0. The maximum atomic E-state index is 12.5. The Labute approximate surface area is 131 Å². The highest BCUT2D eigenvalue weighted by Gasteiger charge is 2.39. The number of hydrogen-bond donors (Lipinski definition) is 2. The van der Waals surface area contributed by atoms with Crippen molar-refractivity contribution in [3.63, 3.8) is 0 Å². The molecule has 0 spiro atoms. The number of benzene rings is 2. The zero-order valence-electron chi connectivity index (χ0n) is 11.5. The summed E-state index contributed by atoms with van der Waals surface area (Å²) in [4.78, 5) is 44.8. The van der Waals surface area contributed by atoms with E-state index in [-0.39, 0.29) is 0 Å². The van der Waals surface area contributed by atoms with Gasteiger partial charge in [0.2, 0.25) is 0 Å². The van der Waals surface area contributed by atoms with Crippen LogP contribution in [-0.2, 0) is 0 Å². The third-order valence-electron chi connectivity index (χ3n) is 3.61. The summed E-state index contributed by atoms with van der Waals surface area (Å²) in [6, 6.07) is 3.23. The Hall–Kier alpha value is -3.82. The number of nitro benzene ring substituents is 2. The lowest BCUT2D eigenvalue weighted by Gasteiger charge is -2.18. The summed E-state index contributed by atoms with van der Waals surface area (Å²) in [5, 5.41) is 41.5. The normalized spacial score (nSPS) is 12.5. The molecule has 0 aliphatic heterocycles. The van der Waals surface area contributed by atoms with Gasteiger partial charge in [-0.05, 0) is 12.1 Å². The van der Waals surface area contributed by atoms with Gasteiger partial charge in [-0.3, -0.25) is 29.8 Å². The van der Waals surface area contributed by atoms with Crippen LogP contribution in [0.1, 0.15) is 31.8 Å². The summed E-state index contributed by atoms with van der Waals surface area (Å²) >= 11 is 0. The quantitative estimate of drug-likeness (QED) is 0.407. The number of fused-ring (bicyclic) bond motifs is 2. The van der Waals surface area contributed by atoms with Gasteiger partial charge in [0.1, 0.15) is 11.5 Å². The first-order chi connectivity index (χ1) is 11.2. The van der Waals surface area contributed by atoms with Gasteiger partial charge in [0.25, 0.3) is 0 Å². The molecule has 0 radical (unpaired) electrons. The number of rotatable bonds is 2. The summed E-state index contributed by atoms with van der Waals surface area (Å²) < 4.78 is 0. The second-order valence-electron chi connectivity index (χ2n) is 4.91. The first kappa shape index (κ1) is 15.1. The molecule has 2 N–H and O–H groups in total. The van der Waals surface area contributed by atoms with Crippen LogP contribution >= 0.6 is 0 Å². The molecule has 0 heterocycles. The molecule has 10 nitrogen and oxygen atoms in total. The Bertz CT molecular complexity index is 901. The minimum Gasteiger partial charge on any atom is -0.507 e. The van der Waals surface area contributed by atoms with Gasteiger partial charge in [0.05, 0.1) is 21.0 Å². The van der Waals surface area contributed by atoms with E-state index in [0.717, 1.165) is 12.1 Å². The zero-order valence-corrected chi connectivity index (χ0v) is 11.5. The fourth-order valence-electron chi connectivity index (χ4n) is 2.55. The van der Waals surface area contributed by atoms with Gasteiger partial charge in [0.15, 0.2) is 11.6 Å². The molecule has 1 aliphatic carbocycles. The zero-order chi connectivity index (χ0) is 17.8. The molecule has 3 rings (SSSR count). The second-order valence-corrected chi connectivity index (χ2v) is 4.91. The third-order valence-corrected chi connectivity index (χ3v) is 3.61. The van der Waals surface area contributed by atoms with Crippen LogP contribution in [0.3, 0.4) is 0 Å². The van der Waals surface area contributed by atoms with Crippen molar-refractivity contribution >= 4 is 22.9 Å². The van der Waals surface area contributed by atoms with Crippen molar-refractivity contribution in [3.05, 3.63) is 66.7 Å². The molecule has 0 aromatic heterocycles. The Morgan fingerprint density at radius 3 is 1.38 bits per heavy atom. The smallest absolute Gasteiger partial charge is 0.346 e. The average Bonchev–Trinajstić information content (AvgIpc) is 2.53. The minimum atomic E-state index is -1.05. The van der Waals surface area contributed by atoms with Crippen LogP contribution in [0.15, 0.2) is 24.3 Å².